The zero-order valence-electron chi connectivity index (χ0n) is 16.4. The number of thiophene rings is 1. The molecule has 1 aliphatic heterocycles. The first-order valence-electron chi connectivity index (χ1n) is 9.75. The number of amides is 2. The highest BCUT2D eigenvalue weighted by atomic mass is 32.1. The van der Waals surface area contributed by atoms with Gasteiger partial charge in [-0.3, -0.25) is 9.59 Å². The van der Waals surface area contributed by atoms with Gasteiger partial charge in [0, 0.05) is 16.0 Å². The van der Waals surface area contributed by atoms with Crippen LogP contribution in [-0.2, 0) is 13.2 Å². The number of hydrogen-bond donors (Lipinski definition) is 2. The maximum absolute atomic E-state index is 13.0. The van der Waals surface area contributed by atoms with Crippen molar-refractivity contribution in [3.63, 3.8) is 0 Å². The van der Waals surface area contributed by atoms with E-state index in [1.165, 1.54) is 11.3 Å². The van der Waals surface area contributed by atoms with Crippen molar-refractivity contribution in [2.45, 2.75) is 13.2 Å². The molecule has 0 atom stereocenters. The lowest BCUT2D eigenvalue weighted by atomic mass is 10.1. The molecule has 0 aliphatic carbocycles. The monoisotopic (exact) mass is 430 g/mol. The fourth-order valence-corrected chi connectivity index (χ4v) is 4.55. The molecule has 0 radical (unpaired) electrons. The summed E-state index contributed by atoms with van der Waals surface area (Å²) >= 11 is 1.42. The van der Waals surface area contributed by atoms with Crippen LogP contribution in [0.2, 0.25) is 0 Å². The van der Waals surface area contributed by atoms with E-state index < -0.39 is 0 Å². The molecule has 7 heteroatoms. The first-order valence-corrected chi connectivity index (χ1v) is 10.6. The second-order valence-corrected chi connectivity index (χ2v) is 8.06. The highest BCUT2D eigenvalue weighted by Gasteiger charge is 2.23. The minimum absolute atomic E-state index is 0.261. The Labute approximate surface area is 182 Å². The molecule has 2 amide bonds. The number of para-hydroxylation sites is 2. The zero-order chi connectivity index (χ0) is 21.2. The van der Waals surface area contributed by atoms with Gasteiger partial charge in [0.1, 0.15) is 18.1 Å². The van der Waals surface area contributed by atoms with Gasteiger partial charge in [-0.15, -0.1) is 11.3 Å². The quantitative estimate of drug-likeness (QED) is 0.463. The smallest absolute Gasteiger partial charge is 0.265 e. The van der Waals surface area contributed by atoms with Crippen LogP contribution in [0.3, 0.4) is 0 Å². The van der Waals surface area contributed by atoms with E-state index in [9.17, 15) is 9.59 Å². The van der Waals surface area contributed by atoms with Crippen LogP contribution in [0.1, 0.15) is 31.4 Å². The Morgan fingerprint density at radius 1 is 0.968 bits per heavy atom. The SMILES string of the molecule is O=C(Nc1ccccc1C(=O)NCc1ccco1)c1cc2c(s1)-c1ccccc1OC2. The Balaban J connectivity index is 1.35. The van der Waals surface area contributed by atoms with E-state index in [0.29, 0.717) is 28.5 Å². The molecule has 0 saturated carbocycles. The molecule has 2 N–H and O–H groups in total. The molecule has 31 heavy (non-hydrogen) atoms. The summed E-state index contributed by atoms with van der Waals surface area (Å²) in [5.41, 5.74) is 2.81. The van der Waals surface area contributed by atoms with Crippen molar-refractivity contribution >= 4 is 28.8 Å². The Morgan fingerprint density at radius 2 is 1.81 bits per heavy atom. The molecule has 2 aromatic carbocycles. The molecule has 2 aromatic heterocycles. The molecule has 0 spiro atoms. The summed E-state index contributed by atoms with van der Waals surface area (Å²) in [5, 5.41) is 5.69. The number of ether oxygens (including phenoxy) is 1. The fourth-order valence-electron chi connectivity index (χ4n) is 3.46. The Hall–Kier alpha value is -3.84. The van der Waals surface area contributed by atoms with Crippen LogP contribution >= 0.6 is 11.3 Å². The third-order valence-corrected chi connectivity index (χ3v) is 6.18. The number of anilines is 1. The third kappa shape index (κ3) is 3.83. The van der Waals surface area contributed by atoms with E-state index in [4.69, 9.17) is 9.15 Å². The second-order valence-electron chi connectivity index (χ2n) is 7.01. The van der Waals surface area contributed by atoms with Crippen molar-refractivity contribution < 1.29 is 18.7 Å². The lowest BCUT2D eigenvalue weighted by molar-refractivity contribution is 0.0949. The predicted octanol–water partition coefficient (Wildman–Crippen LogP) is 5.08. The van der Waals surface area contributed by atoms with Gasteiger partial charge < -0.3 is 19.8 Å². The maximum Gasteiger partial charge on any atom is 0.265 e. The molecule has 1 aliphatic rings. The minimum atomic E-state index is -0.292. The van der Waals surface area contributed by atoms with Crippen LogP contribution in [-0.4, -0.2) is 11.8 Å². The summed E-state index contributed by atoms with van der Waals surface area (Å²) < 4.78 is 11.0. The number of carbonyl (C=O) groups is 2. The standard InChI is InChI=1S/C24H18N2O4S/c27-23(25-13-16-6-5-11-29-16)17-7-1-3-9-19(17)26-24(28)21-12-15-14-30-20-10-4-2-8-18(20)22(15)31-21/h1-12H,13-14H2,(H,25,27)(H,26,28). The molecule has 0 bridgehead atoms. The van der Waals surface area contributed by atoms with Crippen molar-refractivity contribution in [1.29, 1.82) is 0 Å². The summed E-state index contributed by atoms with van der Waals surface area (Å²) in [5.74, 6) is 0.923. The lowest BCUT2D eigenvalue weighted by Crippen LogP contribution is -2.24. The minimum Gasteiger partial charge on any atom is -0.488 e. The number of carbonyl (C=O) groups excluding carboxylic acids is 2. The van der Waals surface area contributed by atoms with E-state index in [0.717, 1.165) is 21.8 Å². The van der Waals surface area contributed by atoms with Gasteiger partial charge >= 0.3 is 0 Å². The Kier molecular flexibility index (Phi) is 5.01. The maximum atomic E-state index is 13.0. The first kappa shape index (κ1) is 19.1. The molecule has 0 saturated heterocycles. The van der Waals surface area contributed by atoms with Crippen LogP contribution < -0.4 is 15.4 Å². The van der Waals surface area contributed by atoms with Gasteiger partial charge in [-0.05, 0) is 42.5 Å². The van der Waals surface area contributed by atoms with Crippen LogP contribution in [0, 0.1) is 0 Å². The predicted molar refractivity (Wildman–Crippen MR) is 118 cm³/mol. The molecule has 0 fully saturated rings. The topological polar surface area (TPSA) is 80.6 Å². The fraction of sp³-hybridized carbons (Fsp3) is 0.0833. The van der Waals surface area contributed by atoms with Gasteiger partial charge in [0.2, 0.25) is 0 Å². The highest BCUT2D eigenvalue weighted by Crippen LogP contribution is 2.42. The van der Waals surface area contributed by atoms with Crippen LogP contribution in [0.5, 0.6) is 5.75 Å². The van der Waals surface area contributed by atoms with Crippen molar-refractivity contribution in [3.8, 4) is 16.2 Å². The zero-order valence-corrected chi connectivity index (χ0v) is 17.2. The highest BCUT2D eigenvalue weighted by molar-refractivity contribution is 7.17. The molecule has 0 unspecified atom stereocenters. The van der Waals surface area contributed by atoms with Gasteiger partial charge in [-0.1, -0.05) is 24.3 Å². The number of nitrogens with one attached hydrogen (secondary N) is 2. The van der Waals surface area contributed by atoms with Gasteiger partial charge in [0.25, 0.3) is 11.8 Å². The van der Waals surface area contributed by atoms with E-state index in [-0.39, 0.29) is 18.4 Å². The number of benzene rings is 2. The molecular weight excluding hydrogens is 412 g/mol. The average Bonchev–Trinajstić information content (AvgIpc) is 3.48. The van der Waals surface area contributed by atoms with Gasteiger partial charge in [0.15, 0.2) is 0 Å². The van der Waals surface area contributed by atoms with Crippen LogP contribution in [0.25, 0.3) is 10.4 Å². The Morgan fingerprint density at radius 3 is 2.68 bits per heavy atom. The molecule has 3 heterocycles. The summed E-state index contributed by atoms with van der Waals surface area (Å²) in [6.45, 7) is 0.701. The largest absolute Gasteiger partial charge is 0.488 e. The van der Waals surface area contributed by atoms with Crippen LogP contribution in [0.15, 0.2) is 77.4 Å². The van der Waals surface area contributed by atoms with E-state index in [1.807, 2.05) is 30.3 Å². The number of rotatable bonds is 5. The van der Waals surface area contributed by atoms with Crippen molar-refractivity contribution in [2.24, 2.45) is 0 Å². The van der Waals surface area contributed by atoms with Crippen LogP contribution in [0.4, 0.5) is 5.69 Å². The van der Waals surface area contributed by atoms with E-state index >= 15 is 0 Å². The van der Waals surface area contributed by atoms with E-state index in [1.54, 1.807) is 42.7 Å². The number of furan rings is 1. The Bertz CT molecular complexity index is 1260. The molecule has 5 rings (SSSR count). The number of fused-ring (bicyclic) bond motifs is 3. The normalized spacial score (nSPS) is 11.7. The van der Waals surface area contributed by atoms with Gasteiger partial charge in [-0.2, -0.15) is 0 Å². The summed E-state index contributed by atoms with van der Waals surface area (Å²) in [4.78, 5) is 27.2. The van der Waals surface area contributed by atoms with Crippen molar-refractivity contribution in [1.82, 2.24) is 5.32 Å². The summed E-state index contributed by atoms with van der Waals surface area (Å²) in [6, 6.07) is 20.1. The second kappa shape index (κ2) is 8.12. The summed E-state index contributed by atoms with van der Waals surface area (Å²) in [6.07, 6.45) is 1.56. The molecule has 4 aromatic rings. The van der Waals surface area contributed by atoms with Crippen molar-refractivity contribution in [2.75, 3.05) is 5.32 Å². The number of hydrogen-bond acceptors (Lipinski definition) is 5. The van der Waals surface area contributed by atoms with Gasteiger partial charge in [-0.25, -0.2) is 0 Å². The molecule has 6 nitrogen and oxygen atoms in total. The summed E-state index contributed by atoms with van der Waals surface area (Å²) in [7, 11) is 0. The van der Waals surface area contributed by atoms with E-state index in [2.05, 4.69) is 10.6 Å². The molecular formula is C24H18N2O4S. The van der Waals surface area contributed by atoms with Crippen molar-refractivity contribution in [3.05, 3.63) is 94.8 Å². The molecule has 154 valence electrons. The average molecular weight is 430 g/mol. The first-order chi connectivity index (χ1) is 15.2. The third-order valence-electron chi connectivity index (χ3n) is 4.97. The van der Waals surface area contributed by atoms with Gasteiger partial charge in [0.05, 0.1) is 28.9 Å². The lowest BCUT2D eigenvalue weighted by Gasteiger charge is -2.16.